The third-order valence-electron chi connectivity index (χ3n) is 1.82. The lowest BCUT2D eigenvalue weighted by Crippen LogP contribution is -2.43. The summed E-state index contributed by atoms with van der Waals surface area (Å²) in [6, 6.07) is -0.107. The van der Waals surface area contributed by atoms with Gasteiger partial charge in [0.05, 0.1) is 15.4 Å². The molecule has 0 aliphatic rings. The number of ether oxygens (including phenoxy) is 1. The fourth-order valence-electron chi connectivity index (χ4n) is 1.03. The number of carboxylic acids is 1. The van der Waals surface area contributed by atoms with E-state index in [9.17, 15) is 13.2 Å². The minimum Gasteiger partial charge on any atom is -0.480 e. The van der Waals surface area contributed by atoms with Crippen LogP contribution < -0.4 is 4.72 Å². The molecule has 1 aromatic rings. The molecule has 0 radical (unpaired) electrons. The number of hydrogen-bond acceptors (Lipinski definition) is 5. The first-order chi connectivity index (χ1) is 8.27. The maximum Gasteiger partial charge on any atom is 0.324 e. The summed E-state index contributed by atoms with van der Waals surface area (Å²) in [5.74, 6) is -1.32. The van der Waals surface area contributed by atoms with Gasteiger partial charge in [-0.3, -0.25) is 4.79 Å². The Morgan fingerprint density at radius 1 is 1.72 bits per heavy atom. The molecule has 10 heteroatoms. The van der Waals surface area contributed by atoms with Crippen molar-refractivity contribution in [3.8, 4) is 0 Å². The first-order valence-electron chi connectivity index (χ1n) is 4.47. The lowest BCUT2D eigenvalue weighted by molar-refractivity contribution is -0.140. The van der Waals surface area contributed by atoms with Gasteiger partial charge in [0.25, 0.3) is 10.0 Å². The average Bonchev–Trinajstić information content (AvgIpc) is 2.59. The van der Waals surface area contributed by atoms with Crippen molar-refractivity contribution in [2.45, 2.75) is 10.3 Å². The van der Waals surface area contributed by atoms with Crippen molar-refractivity contribution in [1.29, 1.82) is 0 Å². The van der Waals surface area contributed by atoms with Crippen LogP contribution >= 0.6 is 38.9 Å². The fourth-order valence-corrected chi connectivity index (χ4v) is 4.62. The van der Waals surface area contributed by atoms with Crippen LogP contribution in [0.2, 0.25) is 5.02 Å². The van der Waals surface area contributed by atoms with E-state index in [2.05, 4.69) is 20.7 Å². The van der Waals surface area contributed by atoms with E-state index < -0.39 is 22.0 Å². The van der Waals surface area contributed by atoms with E-state index in [1.165, 1.54) is 13.2 Å². The van der Waals surface area contributed by atoms with Crippen molar-refractivity contribution >= 4 is 54.9 Å². The van der Waals surface area contributed by atoms with Crippen molar-refractivity contribution in [3.63, 3.8) is 0 Å². The molecule has 0 amide bonds. The van der Waals surface area contributed by atoms with Crippen molar-refractivity contribution in [1.82, 2.24) is 4.72 Å². The zero-order chi connectivity index (χ0) is 13.9. The fraction of sp³-hybridized carbons (Fsp3) is 0.375. The molecule has 6 nitrogen and oxygen atoms in total. The monoisotopic (exact) mass is 377 g/mol. The van der Waals surface area contributed by atoms with Gasteiger partial charge in [0.2, 0.25) is 0 Å². The summed E-state index contributed by atoms with van der Waals surface area (Å²) in [6.45, 7) is -0.269. The highest BCUT2D eigenvalue weighted by Gasteiger charge is 2.27. The SMILES string of the molecule is COCC(NS(=O)(=O)c1cc(Cl)c(Br)s1)C(=O)O. The number of aliphatic carboxylic acids is 1. The van der Waals surface area contributed by atoms with Crippen LogP contribution in [0.25, 0.3) is 0 Å². The third-order valence-corrected chi connectivity index (χ3v) is 6.24. The quantitative estimate of drug-likeness (QED) is 0.783. The molecule has 1 unspecified atom stereocenters. The number of hydrogen-bond donors (Lipinski definition) is 2. The Hall–Kier alpha value is -0.190. The average molecular weight is 379 g/mol. The highest BCUT2D eigenvalue weighted by molar-refractivity contribution is 9.11. The molecule has 1 heterocycles. The second-order valence-corrected chi connectivity index (χ2v) is 7.87. The molecule has 18 heavy (non-hydrogen) atoms. The number of halogens is 2. The summed E-state index contributed by atoms with van der Waals surface area (Å²) in [5.41, 5.74) is 0. The maximum absolute atomic E-state index is 11.9. The second-order valence-electron chi connectivity index (χ2n) is 3.15. The first kappa shape index (κ1) is 15.9. The van der Waals surface area contributed by atoms with E-state index in [4.69, 9.17) is 16.7 Å². The number of carboxylic acid groups (broad SMARTS) is 1. The molecule has 1 atom stereocenters. The van der Waals surface area contributed by atoms with Gasteiger partial charge in [0.15, 0.2) is 0 Å². The smallest absolute Gasteiger partial charge is 0.324 e. The van der Waals surface area contributed by atoms with E-state index in [1.807, 2.05) is 4.72 Å². The lowest BCUT2D eigenvalue weighted by atomic mass is 10.3. The number of carbonyl (C=O) groups is 1. The molecule has 0 saturated carbocycles. The Morgan fingerprint density at radius 3 is 2.72 bits per heavy atom. The zero-order valence-corrected chi connectivity index (χ0v) is 13.0. The molecular weight excluding hydrogens is 370 g/mol. The van der Waals surface area contributed by atoms with Gasteiger partial charge in [-0.15, -0.1) is 11.3 Å². The topological polar surface area (TPSA) is 92.7 Å². The summed E-state index contributed by atoms with van der Waals surface area (Å²) in [4.78, 5) is 10.8. The van der Waals surface area contributed by atoms with Gasteiger partial charge in [-0.1, -0.05) is 11.6 Å². The van der Waals surface area contributed by atoms with Crippen molar-refractivity contribution in [2.24, 2.45) is 0 Å². The molecule has 0 bridgehead atoms. The van der Waals surface area contributed by atoms with Crippen LogP contribution in [0.4, 0.5) is 0 Å². The number of rotatable bonds is 6. The van der Waals surface area contributed by atoms with E-state index in [0.29, 0.717) is 3.79 Å². The molecular formula is C8H9BrClNO5S2. The lowest BCUT2D eigenvalue weighted by Gasteiger charge is -2.12. The molecule has 0 aromatic carbocycles. The molecule has 2 N–H and O–H groups in total. The Kier molecular flexibility index (Phi) is 5.56. The van der Waals surface area contributed by atoms with Crippen molar-refractivity contribution < 1.29 is 23.1 Å². The second kappa shape index (κ2) is 6.31. The standard InChI is InChI=1S/C8H9BrClNO5S2/c1-16-3-5(8(12)13)11-18(14,15)6-2-4(10)7(9)17-6/h2,5,11H,3H2,1H3,(H,12,13). The van der Waals surface area contributed by atoms with Gasteiger partial charge in [-0.05, 0) is 22.0 Å². The van der Waals surface area contributed by atoms with E-state index >= 15 is 0 Å². The van der Waals surface area contributed by atoms with E-state index in [1.54, 1.807) is 0 Å². The van der Waals surface area contributed by atoms with Gasteiger partial charge in [0, 0.05) is 7.11 Å². The number of thiophene rings is 1. The Bertz CT molecular complexity index is 524. The largest absolute Gasteiger partial charge is 0.480 e. The summed E-state index contributed by atoms with van der Waals surface area (Å²) in [6.07, 6.45) is 0. The number of methoxy groups -OCH3 is 1. The summed E-state index contributed by atoms with van der Waals surface area (Å²) >= 11 is 9.71. The van der Waals surface area contributed by atoms with Gasteiger partial charge < -0.3 is 9.84 Å². The Labute approximate surface area is 121 Å². The molecule has 102 valence electrons. The highest BCUT2D eigenvalue weighted by Crippen LogP contribution is 2.34. The molecule has 0 saturated heterocycles. The normalized spacial score (nSPS) is 13.5. The Balaban J connectivity index is 2.96. The van der Waals surface area contributed by atoms with Crippen molar-refractivity contribution in [2.75, 3.05) is 13.7 Å². The number of sulfonamides is 1. The van der Waals surface area contributed by atoms with Crippen LogP contribution in [0, 0.1) is 0 Å². The molecule has 1 rings (SSSR count). The predicted octanol–water partition coefficient (Wildman–Crippen LogP) is 1.54. The third kappa shape index (κ3) is 3.90. The van der Waals surface area contributed by atoms with E-state index in [0.717, 1.165) is 11.3 Å². The molecule has 0 aliphatic carbocycles. The number of nitrogens with one attached hydrogen (secondary N) is 1. The van der Waals surface area contributed by atoms with Crippen LogP contribution in [0.3, 0.4) is 0 Å². The highest BCUT2D eigenvalue weighted by atomic mass is 79.9. The van der Waals surface area contributed by atoms with Gasteiger partial charge in [-0.25, -0.2) is 8.42 Å². The molecule has 0 aliphatic heterocycles. The van der Waals surface area contributed by atoms with Crippen molar-refractivity contribution in [3.05, 3.63) is 14.9 Å². The van der Waals surface area contributed by atoms with E-state index in [-0.39, 0.29) is 15.8 Å². The Morgan fingerprint density at radius 2 is 2.33 bits per heavy atom. The van der Waals surface area contributed by atoms with Crippen LogP contribution in [0.15, 0.2) is 14.1 Å². The van der Waals surface area contributed by atoms with Crippen LogP contribution in [0.5, 0.6) is 0 Å². The maximum atomic E-state index is 11.9. The predicted molar refractivity (Wildman–Crippen MR) is 70.7 cm³/mol. The minimum atomic E-state index is -3.94. The minimum absolute atomic E-state index is 0.0678. The summed E-state index contributed by atoms with van der Waals surface area (Å²) in [5, 5.41) is 9.08. The van der Waals surface area contributed by atoms with Gasteiger partial charge in [0.1, 0.15) is 10.3 Å². The molecule has 1 aromatic heterocycles. The summed E-state index contributed by atoms with van der Waals surface area (Å²) < 4.78 is 30.8. The van der Waals surface area contributed by atoms with Crippen LogP contribution in [-0.4, -0.2) is 39.3 Å². The van der Waals surface area contributed by atoms with Crippen LogP contribution in [-0.2, 0) is 19.6 Å². The molecule has 0 fully saturated rings. The molecule has 0 spiro atoms. The van der Waals surface area contributed by atoms with Gasteiger partial charge >= 0.3 is 5.97 Å². The zero-order valence-electron chi connectivity index (χ0n) is 9.01. The summed E-state index contributed by atoms with van der Waals surface area (Å²) in [7, 11) is -2.65. The van der Waals surface area contributed by atoms with Gasteiger partial charge in [-0.2, -0.15) is 4.72 Å². The first-order valence-corrected chi connectivity index (χ1v) is 7.94. The van der Waals surface area contributed by atoms with Crippen LogP contribution in [0.1, 0.15) is 0 Å².